The Morgan fingerprint density at radius 1 is 1.00 bits per heavy atom. The molecule has 0 radical (unpaired) electrons. The van der Waals surface area contributed by atoms with E-state index in [2.05, 4.69) is 0 Å². The van der Waals surface area contributed by atoms with Crippen molar-refractivity contribution in [1.29, 1.82) is 0 Å². The minimum Gasteiger partial charge on any atom is -0.457 e. The van der Waals surface area contributed by atoms with E-state index in [0.29, 0.717) is 28.2 Å². The first-order valence-corrected chi connectivity index (χ1v) is 6.38. The largest absolute Gasteiger partial charge is 0.457 e. The average Bonchev–Trinajstić information content (AvgIpc) is 2.37. The summed E-state index contributed by atoms with van der Waals surface area (Å²) >= 11 is 0. The molecule has 0 amide bonds. The summed E-state index contributed by atoms with van der Waals surface area (Å²) in [5, 5.41) is 0. The molecule has 2 rings (SSSR count). The van der Waals surface area contributed by atoms with E-state index in [4.69, 9.17) is 10.5 Å². The summed E-state index contributed by atoms with van der Waals surface area (Å²) in [5.41, 5.74) is 7.37. The summed E-state index contributed by atoms with van der Waals surface area (Å²) in [6, 6.07) is 7.16. The van der Waals surface area contributed by atoms with Gasteiger partial charge in [0.2, 0.25) is 0 Å². The zero-order chi connectivity index (χ0) is 14.9. The smallest absolute Gasteiger partial charge is 0.132 e. The quantitative estimate of drug-likeness (QED) is 0.902. The third-order valence-corrected chi connectivity index (χ3v) is 3.15. The van der Waals surface area contributed by atoms with Gasteiger partial charge in [0, 0.05) is 17.7 Å². The van der Waals surface area contributed by atoms with E-state index in [1.807, 2.05) is 0 Å². The second-order valence-electron chi connectivity index (χ2n) is 4.94. The fraction of sp³-hybridized carbons (Fsp3) is 0.250. The van der Waals surface area contributed by atoms with Gasteiger partial charge in [-0.25, -0.2) is 8.78 Å². The third-order valence-electron chi connectivity index (χ3n) is 3.15. The Hall–Kier alpha value is -1.94. The number of hydrogen-bond donors (Lipinski definition) is 1. The van der Waals surface area contributed by atoms with Crippen LogP contribution in [0.15, 0.2) is 30.3 Å². The van der Waals surface area contributed by atoms with Crippen molar-refractivity contribution in [1.82, 2.24) is 0 Å². The number of hydrogen-bond acceptors (Lipinski definition) is 2. The zero-order valence-electron chi connectivity index (χ0n) is 11.7. The molecule has 2 aromatic carbocycles. The Balaban J connectivity index is 2.41. The first kappa shape index (κ1) is 14.5. The second-order valence-corrected chi connectivity index (χ2v) is 4.94. The molecule has 0 fully saturated rings. The lowest BCUT2D eigenvalue weighted by atomic mass is 10.0. The molecule has 0 heterocycles. The molecule has 2 nitrogen and oxygen atoms in total. The van der Waals surface area contributed by atoms with Crippen LogP contribution in [-0.2, 0) is 0 Å². The Morgan fingerprint density at radius 2 is 1.65 bits per heavy atom. The average molecular weight is 277 g/mol. The maximum absolute atomic E-state index is 13.6. The van der Waals surface area contributed by atoms with Crippen molar-refractivity contribution in [2.75, 3.05) is 0 Å². The van der Waals surface area contributed by atoms with Gasteiger partial charge in [-0.3, -0.25) is 0 Å². The van der Waals surface area contributed by atoms with Crippen LogP contribution in [0.2, 0.25) is 0 Å². The van der Waals surface area contributed by atoms with Crippen LogP contribution >= 0.6 is 0 Å². The van der Waals surface area contributed by atoms with Gasteiger partial charge in [-0.15, -0.1) is 0 Å². The van der Waals surface area contributed by atoms with Gasteiger partial charge >= 0.3 is 0 Å². The van der Waals surface area contributed by atoms with Crippen molar-refractivity contribution in [2.45, 2.75) is 26.8 Å². The van der Waals surface area contributed by atoms with Crippen LogP contribution in [-0.4, -0.2) is 0 Å². The van der Waals surface area contributed by atoms with Crippen LogP contribution < -0.4 is 10.5 Å². The molecule has 0 bridgehead atoms. The standard InChI is InChI=1S/C16H17F2NO/c1-9-4-5-12(7-14(9)17)20-16-6-10(2)15(18)8-13(16)11(3)19/h4-8,11H,19H2,1-3H3/t11-/m0/s1. The maximum Gasteiger partial charge on any atom is 0.132 e. The molecular weight excluding hydrogens is 260 g/mol. The highest BCUT2D eigenvalue weighted by atomic mass is 19.1. The summed E-state index contributed by atoms with van der Waals surface area (Å²) in [4.78, 5) is 0. The molecule has 106 valence electrons. The molecule has 0 aromatic heterocycles. The van der Waals surface area contributed by atoms with Gasteiger partial charge in [-0.2, -0.15) is 0 Å². The molecule has 4 heteroatoms. The number of halogens is 2. The summed E-state index contributed by atoms with van der Waals surface area (Å²) < 4.78 is 32.8. The molecule has 2 aromatic rings. The molecule has 0 spiro atoms. The molecule has 2 N–H and O–H groups in total. The normalized spacial score (nSPS) is 12.3. The SMILES string of the molecule is Cc1ccc(Oc2cc(C)c(F)cc2[C@H](C)N)cc1F. The van der Waals surface area contributed by atoms with Crippen LogP contribution in [0.1, 0.15) is 29.7 Å². The van der Waals surface area contributed by atoms with Gasteiger partial charge < -0.3 is 10.5 Å². The number of aryl methyl sites for hydroxylation is 2. The first-order valence-electron chi connectivity index (χ1n) is 6.38. The van der Waals surface area contributed by atoms with Crippen LogP contribution in [0, 0.1) is 25.5 Å². The molecule has 0 aliphatic carbocycles. The fourth-order valence-corrected chi connectivity index (χ4v) is 1.88. The number of rotatable bonds is 3. The molecular formula is C16H17F2NO. The molecule has 0 saturated heterocycles. The lowest BCUT2D eigenvalue weighted by molar-refractivity contribution is 0.463. The van der Waals surface area contributed by atoms with Crippen LogP contribution in [0.3, 0.4) is 0 Å². The van der Waals surface area contributed by atoms with E-state index in [-0.39, 0.29) is 17.7 Å². The minimum absolute atomic E-state index is 0.334. The van der Waals surface area contributed by atoms with Gasteiger partial charge in [0.25, 0.3) is 0 Å². The Labute approximate surface area is 117 Å². The highest BCUT2D eigenvalue weighted by molar-refractivity contribution is 5.43. The second kappa shape index (κ2) is 5.59. The number of benzene rings is 2. The Morgan fingerprint density at radius 3 is 2.25 bits per heavy atom. The van der Waals surface area contributed by atoms with Gasteiger partial charge in [-0.05, 0) is 50.1 Å². The molecule has 0 aliphatic heterocycles. The predicted octanol–water partition coefficient (Wildman–Crippen LogP) is 4.39. The molecule has 0 unspecified atom stereocenters. The zero-order valence-corrected chi connectivity index (χ0v) is 11.7. The Kier molecular flexibility index (Phi) is 4.04. The van der Waals surface area contributed by atoms with Gasteiger partial charge in [-0.1, -0.05) is 6.07 Å². The number of nitrogens with two attached hydrogens (primary N) is 1. The monoisotopic (exact) mass is 277 g/mol. The molecule has 1 atom stereocenters. The van der Waals surface area contributed by atoms with Gasteiger partial charge in [0.05, 0.1) is 0 Å². The van der Waals surface area contributed by atoms with Crippen molar-refractivity contribution >= 4 is 0 Å². The van der Waals surface area contributed by atoms with Crippen molar-refractivity contribution in [2.24, 2.45) is 5.73 Å². The summed E-state index contributed by atoms with van der Waals surface area (Å²) in [5.74, 6) is 0.131. The Bertz CT molecular complexity index is 639. The van der Waals surface area contributed by atoms with Crippen molar-refractivity contribution in [3.63, 3.8) is 0 Å². The minimum atomic E-state index is -0.379. The predicted molar refractivity (Wildman–Crippen MR) is 75.0 cm³/mol. The summed E-state index contributed by atoms with van der Waals surface area (Å²) in [6.45, 7) is 5.06. The van der Waals surface area contributed by atoms with Crippen LogP contribution in [0.4, 0.5) is 8.78 Å². The lowest BCUT2D eigenvalue weighted by Gasteiger charge is -2.15. The lowest BCUT2D eigenvalue weighted by Crippen LogP contribution is -2.08. The van der Waals surface area contributed by atoms with Crippen molar-refractivity contribution in [3.05, 3.63) is 58.7 Å². The van der Waals surface area contributed by atoms with E-state index in [0.717, 1.165) is 0 Å². The van der Waals surface area contributed by atoms with Crippen molar-refractivity contribution < 1.29 is 13.5 Å². The molecule has 20 heavy (non-hydrogen) atoms. The first-order chi connectivity index (χ1) is 9.38. The van der Waals surface area contributed by atoms with E-state index in [9.17, 15) is 8.78 Å². The summed E-state index contributed by atoms with van der Waals surface area (Å²) in [7, 11) is 0. The number of ether oxygens (including phenoxy) is 1. The third kappa shape index (κ3) is 2.96. The molecule has 0 saturated carbocycles. The van der Waals surface area contributed by atoms with E-state index in [1.165, 1.54) is 12.1 Å². The highest BCUT2D eigenvalue weighted by Gasteiger charge is 2.13. The van der Waals surface area contributed by atoms with Crippen LogP contribution in [0.25, 0.3) is 0 Å². The fourth-order valence-electron chi connectivity index (χ4n) is 1.88. The van der Waals surface area contributed by atoms with Gasteiger partial charge in [0.1, 0.15) is 23.1 Å². The van der Waals surface area contributed by atoms with E-state index < -0.39 is 0 Å². The highest BCUT2D eigenvalue weighted by Crippen LogP contribution is 2.31. The molecule has 0 aliphatic rings. The van der Waals surface area contributed by atoms with E-state index >= 15 is 0 Å². The van der Waals surface area contributed by atoms with Crippen molar-refractivity contribution in [3.8, 4) is 11.5 Å². The summed E-state index contributed by atoms with van der Waals surface area (Å²) in [6.07, 6.45) is 0. The topological polar surface area (TPSA) is 35.2 Å². The van der Waals surface area contributed by atoms with E-state index in [1.54, 1.807) is 39.0 Å². The van der Waals surface area contributed by atoms with Gasteiger partial charge in [0.15, 0.2) is 0 Å². The maximum atomic E-state index is 13.6. The van der Waals surface area contributed by atoms with Crippen LogP contribution in [0.5, 0.6) is 11.5 Å².